The maximum atomic E-state index is 13.0. The second-order valence-electron chi connectivity index (χ2n) is 4.84. The molecule has 0 saturated carbocycles. The Morgan fingerprint density at radius 2 is 2.22 bits per heavy atom. The van der Waals surface area contributed by atoms with Gasteiger partial charge < -0.3 is 10.6 Å². The molecule has 1 aliphatic heterocycles. The van der Waals surface area contributed by atoms with E-state index in [0.717, 1.165) is 36.5 Å². The summed E-state index contributed by atoms with van der Waals surface area (Å²) in [4.78, 5) is 2.95. The number of likely N-dealkylation sites (tertiary alicyclic amines) is 1. The number of hydrogen-bond acceptors (Lipinski definition) is 2. The summed E-state index contributed by atoms with van der Waals surface area (Å²) in [5, 5.41) is 0. The van der Waals surface area contributed by atoms with E-state index in [1.165, 1.54) is 6.07 Å². The van der Waals surface area contributed by atoms with Crippen LogP contribution in [0.4, 0.5) is 4.39 Å². The molecule has 2 rings (SSSR count). The van der Waals surface area contributed by atoms with Crippen LogP contribution in [-0.2, 0) is 6.42 Å². The van der Waals surface area contributed by atoms with E-state index in [0.29, 0.717) is 0 Å². The van der Waals surface area contributed by atoms with Gasteiger partial charge in [-0.15, -0.1) is 12.4 Å². The number of nitrogens with zero attached hydrogens (tertiary/aromatic N) is 1. The molecule has 2 nitrogen and oxygen atoms in total. The number of hydrogen-bond donors (Lipinski definition) is 1. The van der Waals surface area contributed by atoms with Crippen LogP contribution < -0.4 is 5.73 Å². The van der Waals surface area contributed by atoms with Gasteiger partial charge in [0.05, 0.1) is 10.5 Å². The largest absolute Gasteiger partial charge is 0.364 e. The summed E-state index contributed by atoms with van der Waals surface area (Å²) in [6, 6.07) is 6.70. The van der Waals surface area contributed by atoms with Crippen LogP contribution in [0.5, 0.6) is 0 Å². The SMILES string of the molecule is CC1(N)CCN(CCc2cccc(F)c2)C1=S.Cl. The molecule has 1 aromatic rings. The van der Waals surface area contributed by atoms with E-state index in [4.69, 9.17) is 18.0 Å². The van der Waals surface area contributed by atoms with Gasteiger partial charge in [0.1, 0.15) is 5.82 Å². The van der Waals surface area contributed by atoms with Gasteiger partial charge in [-0.2, -0.15) is 0 Å². The highest BCUT2D eigenvalue weighted by Crippen LogP contribution is 2.21. The number of rotatable bonds is 3. The van der Waals surface area contributed by atoms with Gasteiger partial charge in [-0.3, -0.25) is 0 Å². The molecule has 1 aliphatic rings. The van der Waals surface area contributed by atoms with Gasteiger partial charge in [0, 0.05) is 13.1 Å². The Hall–Kier alpha value is -0.710. The first kappa shape index (κ1) is 15.3. The maximum absolute atomic E-state index is 13.0. The smallest absolute Gasteiger partial charge is 0.123 e. The molecule has 0 aromatic heterocycles. The van der Waals surface area contributed by atoms with Crippen molar-refractivity contribution in [3.8, 4) is 0 Å². The summed E-state index contributed by atoms with van der Waals surface area (Å²) in [6.45, 7) is 3.69. The third kappa shape index (κ3) is 3.40. The Kier molecular flexibility index (Phi) is 5.08. The van der Waals surface area contributed by atoms with Crippen molar-refractivity contribution in [3.63, 3.8) is 0 Å². The average Bonchev–Trinajstić information content (AvgIpc) is 2.52. The lowest BCUT2D eigenvalue weighted by Gasteiger charge is -2.22. The molecule has 5 heteroatoms. The van der Waals surface area contributed by atoms with Gasteiger partial charge in [0.2, 0.25) is 0 Å². The molecular weight excluding hydrogens is 271 g/mol. The minimum atomic E-state index is -0.350. The highest BCUT2D eigenvalue weighted by Gasteiger charge is 2.34. The van der Waals surface area contributed by atoms with Crippen LogP contribution in [0.2, 0.25) is 0 Å². The second kappa shape index (κ2) is 5.95. The topological polar surface area (TPSA) is 29.3 Å². The van der Waals surface area contributed by atoms with E-state index in [2.05, 4.69) is 4.90 Å². The Morgan fingerprint density at radius 3 is 2.78 bits per heavy atom. The fourth-order valence-corrected chi connectivity index (χ4v) is 2.39. The van der Waals surface area contributed by atoms with E-state index < -0.39 is 0 Å². The minimum Gasteiger partial charge on any atom is -0.364 e. The molecule has 1 unspecified atom stereocenters. The van der Waals surface area contributed by atoms with Gasteiger partial charge in [0.15, 0.2) is 0 Å². The van der Waals surface area contributed by atoms with E-state index in [1.807, 2.05) is 13.0 Å². The third-order valence-corrected chi connectivity index (χ3v) is 3.96. The summed E-state index contributed by atoms with van der Waals surface area (Å²) in [5.41, 5.74) is 6.71. The Morgan fingerprint density at radius 1 is 1.50 bits per heavy atom. The zero-order valence-corrected chi connectivity index (χ0v) is 12.0. The molecule has 1 aromatic carbocycles. The van der Waals surface area contributed by atoms with Crippen LogP contribution in [0.25, 0.3) is 0 Å². The molecular formula is C13H18ClFN2S. The summed E-state index contributed by atoms with van der Waals surface area (Å²) < 4.78 is 13.0. The Balaban J connectivity index is 0.00000162. The molecule has 1 fully saturated rings. The number of thiocarbonyl (C=S) groups is 1. The van der Waals surface area contributed by atoms with Gasteiger partial charge in [-0.25, -0.2) is 4.39 Å². The molecule has 1 atom stereocenters. The van der Waals surface area contributed by atoms with Gasteiger partial charge in [0.25, 0.3) is 0 Å². The van der Waals surface area contributed by atoms with Crippen molar-refractivity contribution in [3.05, 3.63) is 35.6 Å². The lowest BCUT2D eigenvalue weighted by atomic mass is 10.0. The summed E-state index contributed by atoms with van der Waals surface area (Å²) in [7, 11) is 0. The average molecular weight is 289 g/mol. The number of nitrogens with two attached hydrogens (primary N) is 1. The van der Waals surface area contributed by atoms with Gasteiger partial charge >= 0.3 is 0 Å². The maximum Gasteiger partial charge on any atom is 0.123 e. The molecule has 1 heterocycles. The first-order valence-electron chi connectivity index (χ1n) is 5.82. The monoisotopic (exact) mass is 288 g/mol. The van der Waals surface area contributed by atoms with Crippen molar-refractivity contribution >= 4 is 29.6 Å². The van der Waals surface area contributed by atoms with Crippen LogP contribution in [0.3, 0.4) is 0 Å². The molecule has 18 heavy (non-hydrogen) atoms. The highest BCUT2D eigenvalue weighted by atomic mass is 35.5. The molecule has 0 spiro atoms. The molecule has 2 N–H and O–H groups in total. The van der Waals surface area contributed by atoms with Crippen molar-refractivity contribution in [2.24, 2.45) is 5.73 Å². The lowest BCUT2D eigenvalue weighted by Crippen LogP contribution is -2.44. The van der Waals surface area contributed by atoms with E-state index in [-0.39, 0.29) is 23.8 Å². The van der Waals surface area contributed by atoms with E-state index >= 15 is 0 Å². The van der Waals surface area contributed by atoms with Crippen LogP contribution in [0, 0.1) is 5.82 Å². The molecule has 0 amide bonds. The van der Waals surface area contributed by atoms with Crippen molar-refractivity contribution < 1.29 is 4.39 Å². The Labute approximate surface area is 119 Å². The van der Waals surface area contributed by atoms with Crippen LogP contribution in [-0.4, -0.2) is 28.5 Å². The van der Waals surface area contributed by atoms with Gasteiger partial charge in [-0.05, 0) is 37.5 Å². The minimum absolute atomic E-state index is 0. The number of benzene rings is 1. The molecule has 1 saturated heterocycles. The molecule has 100 valence electrons. The van der Waals surface area contributed by atoms with Crippen LogP contribution in [0.15, 0.2) is 24.3 Å². The Bertz CT molecular complexity index is 437. The fourth-order valence-electron chi connectivity index (χ4n) is 2.11. The second-order valence-corrected chi connectivity index (χ2v) is 5.23. The molecule has 0 radical (unpaired) electrons. The predicted molar refractivity (Wildman–Crippen MR) is 78.7 cm³/mol. The predicted octanol–water partition coefficient (Wildman–Crippen LogP) is 2.54. The first-order valence-corrected chi connectivity index (χ1v) is 6.22. The highest BCUT2D eigenvalue weighted by molar-refractivity contribution is 7.80. The lowest BCUT2D eigenvalue weighted by molar-refractivity contribution is 0.460. The normalized spacial score (nSPS) is 23.1. The third-order valence-electron chi connectivity index (χ3n) is 3.24. The molecule has 0 aliphatic carbocycles. The van der Waals surface area contributed by atoms with Crippen LogP contribution >= 0.6 is 24.6 Å². The standard InChI is InChI=1S/C13H17FN2S.ClH/c1-13(15)6-8-16(12(13)17)7-5-10-3-2-4-11(14)9-10;/h2-4,9H,5-8,15H2,1H3;1H. The number of halogens is 2. The van der Waals surface area contributed by atoms with Gasteiger partial charge in [-0.1, -0.05) is 24.4 Å². The summed E-state index contributed by atoms with van der Waals surface area (Å²) in [5.74, 6) is -0.185. The summed E-state index contributed by atoms with van der Waals surface area (Å²) in [6.07, 6.45) is 1.70. The van der Waals surface area contributed by atoms with Crippen LogP contribution in [0.1, 0.15) is 18.9 Å². The van der Waals surface area contributed by atoms with E-state index in [1.54, 1.807) is 12.1 Å². The van der Waals surface area contributed by atoms with Crippen molar-refractivity contribution in [1.82, 2.24) is 4.90 Å². The molecule has 0 bridgehead atoms. The van der Waals surface area contributed by atoms with Crippen molar-refractivity contribution in [2.75, 3.05) is 13.1 Å². The zero-order chi connectivity index (χ0) is 12.5. The van der Waals surface area contributed by atoms with Crippen molar-refractivity contribution in [2.45, 2.75) is 25.3 Å². The van der Waals surface area contributed by atoms with E-state index in [9.17, 15) is 4.39 Å². The quantitative estimate of drug-likeness (QED) is 0.867. The fraction of sp³-hybridized carbons (Fsp3) is 0.462. The summed E-state index contributed by atoms with van der Waals surface area (Å²) >= 11 is 5.34. The van der Waals surface area contributed by atoms with Crippen molar-refractivity contribution in [1.29, 1.82) is 0 Å². The first-order chi connectivity index (χ1) is 7.99. The zero-order valence-electron chi connectivity index (χ0n) is 10.4.